The average Bonchev–Trinajstić information content (AvgIpc) is 3.33. The van der Waals surface area contributed by atoms with Crippen LogP contribution in [0.1, 0.15) is 54.3 Å². The van der Waals surface area contributed by atoms with Crippen LogP contribution in [0.3, 0.4) is 0 Å². The maximum Gasteiger partial charge on any atom is 0.234 e. The number of hydrogen-bond acceptors (Lipinski definition) is 5. The van der Waals surface area contributed by atoms with Gasteiger partial charge in [0.15, 0.2) is 11.0 Å². The number of nitrogens with one attached hydrogen (secondary N) is 1. The lowest BCUT2D eigenvalue weighted by molar-refractivity contribution is -0.113. The van der Waals surface area contributed by atoms with Gasteiger partial charge in [0, 0.05) is 27.5 Å². The molecule has 0 bridgehead atoms. The van der Waals surface area contributed by atoms with Crippen LogP contribution in [0.4, 0.5) is 5.69 Å². The quantitative estimate of drug-likeness (QED) is 0.491. The van der Waals surface area contributed by atoms with Gasteiger partial charge in [-0.15, -0.1) is 21.5 Å². The summed E-state index contributed by atoms with van der Waals surface area (Å²) in [5.41, 5.74) is 5.89. The number of anilines is 1. The highest BCUT2D eigenvalue weighted by Gasteiger charge is 2.23. The minimum Gasteiger partial charge on any atom is -0.325 e. The van der Waals surface area contributed by atoms with Crippen molar-refractivity contribution in [3.8, 4) is 11.4 Å². The van der Waals surface area contributed by atoms with Gasteiger partial charge in [-0.3, -0.25) is 9.36 Å². The normalized spacial score (nSPS) is 13.5. The Kier molecular flexibility index (Phi) is 6.29. The van der Waals surface area contributed by atoms with Crippen LogP contribution >= 0.6 is 23.1 Å². The third-order valence-corrected chi connectivity index (χ3v) is 7.64. The van der Waals surface area contributed by atoms with Gasteiger partial charge in [0.05, 0.1) is 5.75 Å². The summed E-state index contributed by atoms with van der Waals surface area (Å²) in [5, 5.41) is 15.0. The summed E-state index contributed by atoms with van der Waals surface area (Å²) in [4.78, 5) is 14.0. The number of amides is 1. The van der Waals surface area contributed by atoms with E-state index in [-0.39, 0.29) is 11.9 Å². The van der Waals surface area contributed by atoms with Crippen LogP contribution in [-0.2, 0) is 17.6 Å². The van der Waals surface area contributed by atoms with E-state index in [1.165, 1.54) is 58.2 Å². The molecular weight excluding hydrogens is 412 g/mol. The van der Waals surface area contributed by atoms with E-state index in [4.69, 9.17) is 0 Å². The fourth-order valence-electron chi connectivity index (χ4n) is 3.85. The van der Waals surface area contributed by atoms with E-state index < -0.39 is 0 Å². The van der Waals surface area contributed by atoms with Gasteiger partial charge in [-0.2, -0.15) is 0 Å². The predicted molar refractivity (Wildman–Crippen MR) is 126 cm³/mol. The molecule has 0 unspecified atom stereocenters. The van der Waals surface area contributed by atoms with Crippen molar-refractivity contribution in [3.63, 3.8) is 0 Å². The number of fused-ring (bicyclic) bond motifs is 1. The van der Waals surface area contributed by atoms with E-state index in [0.717, 1.165) is 23.1 Å². The maximum atomic E-state index is 12.5. The summed E-state index contributed by atoms with van der Waals surface area (Å²) in [5.74, 6) is 1.21. The van der Waals surface area contributed by atoms with Crippen LogP contribution in [-0.4, -0.2) is 26.4 Å². The van der Waals surface area contributed by atoms with Crippen LogP contribution in [0.15, 0.2) is 28.7 Å². The molecule has 0 aliphatic heterocycles. The zero-order valence-electron chi connectivity index (χ0n) is 18.0. The molecule has 7 heteroatoms. The standard InChI is InChI=1S/C23H28N4OS2/c1-14(2)27-22(19-12-29-20-8-6-5-7-18(19)20)25-26-23(27)30-13-21(28)24-17-10-9-15(3)16(4)11-17/h9-12,14H,5-8,13H2,1-4H3,(H,24,28). The van der Waals surface area contributed by atoms with Crippen molar-refractivity contribution in [2.75, 3.05) is 11.1 Å². The second-order valence-electron chi connectivity index (χ2n) is 8.16. The molecule has 0 radical (unpaired) electrons. The van der Waals surface area contributed by atoms with Crippen molar-refractivity contribution in [1.29, 1.82) is 0 Å². The lowest BCUT2D eigenvalue weighted by Gasteiger charge is -2.16. The number of hydrogen-bond donors (Lipinski definition) is 1. The van der Waals surface area contributed by atoms with E-state index in [1.807, 2.05) is 29.5 Å². The highest BCUT2D eigenvalue weighted by atomic mass is 32.2. The molecule has 158 valence electrons. The van der Waals surface area contributed by atoms with Crippen molar-refractivity contribution in [2.24, 2.45) is 0 Å². The molecule has 1 amide bonds. The van der Waals surface area contributed by atoms with Crippen LogP contribution in [0.5, 0.6) is 0 Å². The summed E-state index contributed by atoms with van der Waals surface area (Å²) in [6, 6.07) is 6.20. The van der Waals surface area contributed by atoms with Gasteiger partial charge in [-0.05, 0) is 82.2 Å². The predicted octanol–water partition coefficient (Wildman–Crippen LogP) is 5.81. The van der Waals surface area contributed by atoms with E-state index >= 15 is 0 Å². The van der Waals surface area contributed by atoms with Crippen LogP contribution in [0.25, 0.3) is 11.4 Å². The van der Waals surface area contributed by atoms with Crippen molar-refractivity contribution < 1.29 is 4.79 Å². The second-order valence-corrected chi connectivity index (χ2v) is 10.1. The first kappa shape index (κ1) is 21.1. The average molecular weight is 441 g/mol. The number of aryl methyl sites for hydroxylation is 3. The topological polar surface area (TPSA) is 59.8 Å². The molecule has 1 aliphatic carbocycles. The van der Waals surface area contributed by atoms with Crippen molar-refractivity contribution in [1.82, 2.24) is 14.8 Å². The second kappa shape index (κ2) is 8.94. The summed E-state index contributed by atoms with van der Waals surface area (Å²) >= 11 is 3.29. The fraction of sp³-hybridized carbons (Fsp3) is 0.435. The van der Waals surface area contributed by atoms with Gasteiger partial charge < -0.3 is 5.32 Å². The lowest BCUT2D eigenvalue weighted by Crippen LogP contribution is -2.15. The van der Waals surface area contributed by atoms with Gasteiger partial charge >= 0.3 is 0 Å². The summed E-state index contributed by atoms with van der Waals surface area (Å²) < 4.78 is 2.17. The first-order chi connectivity index (χ1) is 14.4. The summed E-state index contributed by atoms with van der Waals surface area (Å²) in [6.07, 6.45) is 4.82. The number of aromatic nitrogens is 3. The molecule has 30 heavy (non-hydrogen) atoms. The number of carbonyl (C=O) groups is 1. The molecular formula is C23H28N4OS2. The van der Waals surface area contributed by atoms with Crippen molar-refractivity contribution in [2.45, 2.75) is 64.6 Å². The van der Waals surface area contributed by atoms with Gasteiger partial charge in [-0.1, -0.05) is 17.8 Å². The van der Waals surface area contributed by atoms with Gasteiger partial charge in [0.2, 0.25) is 5.91 Å². The smallest absolute Gasteiger partial charge is 0.234 e. The Morgan fingerprint density at radius 3 is 2.77 bits per heavy atom. The first-order valence-electron chi connectivity index (χ1n) is 10.5. The molecule has 0 saturated heterocycles. The SMILES string of the molecule is Cc1ccc(NC(=O)CSc2nnc(-c3csc4c3CCCC4)n2C(C)C)cc1C. The molecule has 0 fully saturated rings. The van der Waals surface area contributed by atoms with E-state index in [9.17, 15) is 4.79 Å². The third-order valence-electron chi connectivity index (χ3n) is 5.61. The number of nitrogens with zero attached hydrogens (tertiary/aromatic N) is 3. The number of thioether (sulfide) groups is 1. The molecule has 1 N–H and O–H groups in total. The molecule has 0 spiro atoms. The molecule has 3 aromatic rings. The Morgan fingerprint density at radius 2 is 2.00 bits per heavy atom. The van der Waals surface area contributed by atoms with Crippen molar-refractivity contribution >= 4 is 34.7 Å². The van der Waals surface area contributed by atoms with Gasteiger partial charge in [0.25, 0.3) is 0 Å². The maximum absolute atomic E-state index is 12.5. The molecule has 5 nitrogen and oxygen atoms in total. The molecule has 4 rings (SSSR count). The highest BCUT2D eigenvalue weighted by molar-refractivity contribution is 7.99. The molecule has 1 aliphatic rings. The number of carbonyl (C=O) groups excluding carboxylic acids is 1. The molecule has 0 saturated carbocycles. The van der Waals surface area contributed by atoms with E-state index in [1.54, 1.807) is 0 Å². The first-order valence-corrected chi connectivity index (χ1v) is 12.3. The minimum atomic E-state index is -0.0315. The Balaban J connectivity index is 1.50. The Bertz CT molecular complexity index is 1070. The number of rotatable bonds is 6. The minimum absolute atomic E-state index is 0.0315. The lowest BCUT2D eigenvalue weighted by atomic mass is 9.95. The van der Waals surface area contributed by atoms with E-state index in [0.29, 0.717) is 5.75 Å². The Morgan fingerprint density at radius 1 is 1.20 bits per heavy atom. The zero-order chi connectivity index (χ0) is 21.3. The Labute approximate surface area is 186 Å². The fourth-order valence-corrected chi connectivity index (χ4v) is 5.84. The molecule has 2 aromatic heterocycles. The third kappa shape index (κ3) is 4.32. The van der Waals surface area contributed by atoms with Crippen LogP contribution < -0.4 is 5.32 Å². The molecule has 1 aromatic carbocycles. The van der Waals surface area contributed by atoms with Crippen LogP contribution in [0, 0.1) is 13.8 Å². The molecule has 0 atom stereocenters. The summed E-state index contributed by atoms with van der Waals surface area (Å²) in [6.45, 7) is 8.41. The van der Waals surface area contributed by atoms with Crippen LogP contribution in [0.2, 0.25) is 0 Å². The monoisotopic (exact) mass is 440 g/mol. The summed E-state index contributed by atoms with van der Waals surface area (Å²) in [7, 11) is 0. The van der Waals surface area contributed by atoms with Gasteiger partial charge in [-0.25, -0.2) is 0 Å². The largest absolute Gasteiger partial charge is 0.325 e. The van der Waals surface area contributed by atoms with Crippen molar-refractivity contribution in [3.05, 3.63) is 45.1 Å². The number of thiophene rings is 1. The molecule has 2 heterocycles. The Hall–Kier alpha value is -2.12. The van der Waals surface area contributed by atoms with E-state index in [2.05, 4.69) is 53.2 Å². The zero-order valence-corrected chi connectivity index (χ0v) is 19.6. The number of benzene rings is 1. The highest BCUT2D eigenvalue weighted by Crippen LogP contribution is 2.37. The van der Waals surface area contributed by atoms with Gasteiger partial charge in [0.1, 0.15) is 0 Å².